The molecule has 0 amide bonds. The molecule has 0 aliphatic heterocycles. The molecule has 6 atom stereocenters. The molecule has 0 aromatic carbocycles. The highest BCUT2D eigenvalue weighted by molar-refractivity contribution is 5.22. The van der Waals surface area contributed by atoms with E-state index in [1.165, 1.54) is 0 Å². The van der Waals surface area contributed by atoms with Crippen LogP contribution in [0.5, 0.6) is 0 Å². The van der Waals surface area contributed by atoms with E-state index in [9.17, 15) is 15.3 Å². The predicted molar refractivity (Wildman–Crippen MR) is 91.9 cm³/mol. The van der Waals surface area contributed by atoms with Gasteiger partial charge in [-0.1, -0.05) is 40.2 Å². The van der Waals surface area contributed by atoms with Crippen LogP contribution < -0.4 is 0 Å². The van der Waals surface area contributed by atoms with E-state index >= 15 is 0 Å². The third-order valence-corrected chi connectivity index (χ3v) is 8.05. The van der Waals surface area contributed by atoms with E-state index in [0.717, 1.165) is 32.1 Å². The molecule has 3 aliphatic carbocycles. The molecule has 0 saturated heterocycles. The molecule has 3 fully saturated rings. The summed E-state index contributed by atoms with van der Waals surface area (Å²) in [6, 6.07) is 0. The molecule has 3 N–H and O–H groups in total. The first kappa shape index (κ1) is 17.4. The van der Waals surface area contributed by atoms with Crippen LogP contribution in [0.1, 0.15) is 72.6 Å². The SMILES string of the molecule is C=CC1(C)CCC2C(O)(CC(O)C3(O)C(C)(C)CCCC23C)C1. The summed E-state index contributed by atoms with van der Waals surface area (Å²) in [5.74, 6) is 0.0380. The fourth-order valence-corrected chi connectivity index (χ4v) is 6.76. The molecule has 23 heavy (non-hydrogen) atoms. The summed E-state index contributed by atoms with van der Waals surface area (Å²) in [6.07, 6.45) is 6.72. The lowest BCUT2D eigenvalue weighted by Gasteiger charge is -2.69. The van der Waals surface area contributed by atoms with Gasteiger partial charge >= 0.3 is 0 Å². The van der Waals surface area contributed by atoms with E-state index in [2.05, 4.69) is 34.3 Å². The number of fused-ring (bicyclic) bond motifs is 3. The Hall–Kier alpha value is -0.380. The van der Waals surface area contributed by atoms with Crippen LogP contribution in [0.4, 0.5) is 0 Å². The second-order valence-electron chi connectivity index (χ2n) is 9.87. The van der Waals surface area contributed by atoms with Crippen LogP contribution in [-0.4, -0.2) is 32.6 Å². The number of hydrogen-bond donors (Lipinski definition) is 3. The van der Waals surface area contributed by atoms with E-state index in [1.54, 1.807) is 0 Å². The standard InChI is InChI=1S/C20H34O3/c1-6-17(4)11-8-14-18(5)10-7-9-16(2,3)20(18,23)15(21)12-19(14,22)13-17/h6,14-15,21-23H,1,7-13H2,2-5H3. The van der Waals surface area contributed by atoms with E-state index in [0.29, 0.717) is 6.42 Å². The van der Waals surface area contributed by atoms with Gasteiger partial charge in [-0.15, -0.1) is 6.58 Å². The van der Waals surface area contributed by atoms with E-state index in [-0.39, 0.29) is 23.2 Å². The zero-order valence-electron chi connectivity index (χ0n) is 15.2. The first-order valence-electron chi connectivity index (χ1n) is 9.21. The number of allylic oxidation sites excluding steroid dienone is 1. The van der Waals surface area contributed by atoms with Gasteiger partial charge in [0.25, 0.3) is 0 Å². The summed E-state index contributed by atoms with van der Waals surface area (Å²) < 4.78 is 0. The summed E-state index contributed by atoms with van der Waals surface area (Å²) in [4.78, 5) is 0. The molecule has 0 heterocycles. The van der Waals surface area contributed by atoms with Crippen LogP contribution in [-0.2, 0) is 0 Å². The normalized spacial score (nSPS) is 55.6. The third kappa shape index (κ3) is 2.06. The van der Waals surface area contributed by atoms with Crippen LogP contribution in [0, 0.1) is 22.2 Å². The fraction of sp³-hybridized carbons (Fsp3) is 0.900. The molecule has 0 spiro atoms. The molecule has 3 nitrogen and oxygen atoms in total. The molecular weight excluding hydrogens is 288 g/mol. The first-order valence-corrected chi connectivity index (χ1v) is 9.21. The van der Waals surface area contributed by atoms with Gasteiger partial charge in [0.15, 0.2) is 0 Å². The van der Waals surface area contributed by atoms with Gasteiger partial charge in [-0.3, -0.25) is 0 Å². The smallest absolute Gasteiger partial charge is 0.101 e. The van der Waals surface area contributed by atoms with Crippen LogP contribution in [0.3, 0.4) is 0 Å². The van der Waals surface area contributed by atoms with Crippen molar-refractivity contribution >= 4 is 0 Å². The zero-order chi connectivity index (χ0) is 17.3. The van der Waals surface area contributed by atoms with Crippen molar-refractivity contribution in [1.29, 1.82) is 0 Å². The maximum absolute atomic E-state index is 11.7. The molecule has 6 unspecified atom stereocenters. The Labute approximate surface area is 140 Å². The van der Waals surface area contributed by atoms with Crippen molar-refractivity contribution < 1.29 is 15.3 Å². The monoisotopic (exact) mass is 322 g/mol. The van der Waals surface area contributed by atoms with Gasteiger partial charge in [0.2, 0.25) is 0 Å². The number of rotatable bonds is 1. The van der Waals surface area contributed by atoms with Crippen LogP contribution in [0.25, 0.3) is 0 Å². The predicted octanol–water partition coefficient (Wildman–Crippen LogP) is 3.42. The lowest BCUT2D eigenvalue weighted by molar-refractivity contribution is -0.320. The molecule has 3 saturated carbocycles. The highest BCUT2D eigenvalue weighted by atomic mass is 16.4. The van der Waals surface area contributed by atoms with Gasteiger partial charge in [0.1, 0.15) is 5.60 Å². The van der Waals surface area contributed by atoms with Gasteiger partial charge in [-0.2, -0.15) is 0 Å². The highest BCUT2D eigenvalue weighted by Gasteiger charge is 2.71. The van der Waals surface area contributed by atoms with Gasteiger partial charge in [0, 0.05) is 11.8 Å². The maximum atomic E-state index is 11.7. The number of hydrogen-bond acceptors (Lipinski definition) is 3. The Morgan fingerprint density at radius 3 is 2.30 bits per heavy atom. The second-order valence-corrected chi connectivity index (χ2v) is 9.87. The molecule has 3 rings (SSSR count). The Bertz CT molecular complexity index is 515. The van der Waals surface area contributed by atoms with Crippen molar-refractivity contribution in [2.75, 3.05) is 0 Å². The summed E-state index contributed by atoms with van der Waals surface area (Å²) in [7, 11) is 0. The minimum absolute atomic E-state index is 0.0380. The van der Waals surface area contributed by atoms with E-state index in [1.807, 2.05) is 6.08 Å². The zero-order valence-corrected chi connectivity index (χ0v) is 15.2. The molecule has 3 heteroatoms. The van der Waals surface area contributed by atoms with Crippen LogP contribution in [0.2, 0.25) is 0 Å². The lowest BCUT2D eigenvalue weighted by Crippen LogP contribution is -2.75. The molecular formula is C20H34O3. The Kier molecular flexibility index (Phi) is 3.66. The third-order valence-electron chi connectivity index (χ3n) is 8.05. The summed E-state index contributed by atoms with van der Waals surface area (Å²) in [5, 5.41) is 34.2. The molecule has 0 aromatic heterocycles. The summed E-state index contributed by atoms with van der Waals surface area (Å²) >= 11 is 0. The fourth-order valence-electron chi connectivity index (χ4n) is 6.76. The van der Waals surface area contributed by atoms with Crippen LogP contribution >= 0.6 is 0 Å². The maximum Gasteiger partial charge on any atom is 0.101 e. The van der Waals surface area contributed by atoms with Gasteiger partial charge in [0.05, 0.1) is 11.7 Å². The lowest BCUT2D eigenvalue weighted by atomic mass is 9.39. The van der Waals surface area contributed by atoms with Crippen molar-refractivity contribution in [1.82, 2.24) is 0 Å². The molecule has 0 aromatic rings. The van der Waals surface area contributed by atoms with E-state index < -0.39 is 22.7 Å². The summed E-state index contributed by atoms with van der Waals surface area (Å²) in [6.45, 7) is 12.4. The molecule has 0 radical (unpaired) electrons. The van der Waals surface area contributed by atoms with Crippen molar-refractivity contribution in [3.05, 3.63) is 12.7 Å². The van der Waals surface area contributed by atoms with Crippen molar-refractivity contribution in [3.8, 4) is 0 Å². The Balaban J connectivity index is 2.08. The van der Waals surface area contributed by atoms with Gasteiger partial charge in [-0.25, -0.2) is 0 Å². The Morgan fingerprint density at radius 2 is 1.70 bits per heavy atom. The first-order chi connectivity index (χ1) is 10.4. The highest BCUT2D eigenvalue weighted by Crippen LogP contribution is 2.68. The second kappa shape index (κ2) is 4.83. The molecule has 0 bridgehead atoms. The van der Waals surface area contributed by atoms with Crippen molar-refractivity contribution in [3.63, 3.8) is 0 Å². The topological polar surface area (TPSA) is 60.7 Å². The van der Waals surface area contributed by atoms with Crippen molar-refractivity contribution in [2.24, 2.45) is 22.2 Å². The van der Waals surface area contributed by atoms with Gasteiger partial charge in [-0.05, 0) is 48.9 Å². The Morgan fingerprint density at radius 1 is 1.04 bits per heavy atom. The van der Waals surface area contributed by atoms with Crippen molar-refractivity contribution in [2.45, 2.75) is 89.9 Å². The summed E-state index contributed by atoms with van der Waals surface area (Å²) in [5.41, 5.74) is -2.89. The van der Waals surface area contributed by atoms with E-state index in [4.69, 9.17) is 0 Å². The molecule has 3 aliphatic rings. The quantitative estimate of drug-likeness (QED) is 0.648. The minimum Gasteiger partial charge on any atom is -0.390 e. The minimum atomic E-state index is -1.13. The van der Waals surface area contributed by atoms with Crippen LogP contribution in [0.15, 0.2) is 12.7 Å². The largest absolute Gasteiger partial charge is 0.390 e. The average molecular weight is 322 g/mol. The average Bonchev–Trinajstić information content (AvgIpc) is 2.42. The number of aliphatic hydroxyl groups excluding tert-OH is 1. The number of aliphatic hydroxyl groups is 3. The van der Waals surface area contributed by atoms with Gasteiger partial charge < -0.3 is 15.3 Å². The molecule has 132 valence electrons.